The van der Waals surface area contributed by atoms with E-state index in [4.69, 9.17) is 5.73 Å². The van der Waals surface area contributed by atoms with Crippen molar-refractivity contribution in [3.8, 4) is 0 Å². The molecule has 1 aromatic heterocycles. The smallest absolute Gasteiger partial charge is 0.189 e. The Labute approximate surface area is 94.4 Å². The molecule has 1 aliphatic rings. The number of aryl methyl sites for hydroxylation is 2. The first-order chi connectivity index (χ1) is 7.15. The van der Waals surface area contributed by atoms with Crippen molar-refractivity contribution in [2.75, 3.05) is 0 Å². The molecule has 0 saturated heterocycles. The van der Waals surface area contributed by atoms with Gasteiger partial charge < -0.3 is 11.1 Å². The minimum absolute atomic E-state index is 0.584. The zero-order valence-corrected chi connectivity index (χ0v) is 10.0. The highest BCUT2D eigenvalue weighted by molar-refractivity contribution is 7.12. The second-order valence-corrected chi connectivity index (χ2v) is 5.41. The molecule has 0 aromatic carbocycles. The SMILES string of the molecule is Cc1cc(CN=C(N)NC2CC2)sc1C. The topological polar surface area (TPSA) is 50.4 Å². The van der Waals surface area contributed by atoms with Crippen LogP contribution in [-0.4, -0.2) is 12.0 Å². The Hall–Kier alpha value is -1.03. The Bertz CT molecular complexity index is 358. The summed E-state index contributed by atoms with van der Waals surface area (Å²) in [4.78, 5) is 6.98. The van der Waals surface area contributed by atoms with E-state index in [9.17, 15) is 0 Å². The Balaban J connectivity index is 1.90. The van der Waals surface area contributed by atoms with E-state index in [1.807, 2.05) is 0 Å². The Kier molecular flexibility index (Phi) is 2.95. The van der Waals surface area contributed by atoms with Crippen molar-refractivity contribution in [1.82, 2.24) is 5.32 Å². The number of aliphatic imine (C=N–C) groups is 1. The third-order valence-electron chi connectivity index (χ3n) is 2.55. The van der Waals surface area contributed by atoms with Gasteiger partial charge in [0.25, 0.3) is 0 Å². The van der Waals surface area contributed by atoms with Crippen molar-refractivity contribution in [3.63, 3.8) is 0 Å². The van der Waals surface area contributed by atoms with Gasteiger partial charge in [0.15, 0.2) is 5.96 Å². The molecule has 0 atom stereocenters. The van der Waals surface area contributed by atoms with Crippen LogP contribution in [0.15, 0.2) is 11.1 Å². The van der Waals surface area contributed by atoms with Crippen molar-refractivity contribution in [3.05, 3.63) is 21.4 Å². The Morgan fingerprint density at radius 3 is 2.87 bits per heavy atom. The number of rotatable bonds is 3. The number of nitrogens with one attached hydrogen (secondary N) is 1. The van der Waals surface area contributed by atoms with Gasteiger partial charge in [-0.3, -0.25) is 0 Å². The molecule has 0 radical (unpaired) electrons. The van der Waals surface area contributed by atoms with Crippen LogP contribution in [0, 0.1) is 13.8 Å². The van der Waals surface area contributed by atoms with Crippen LogP contribution < -0.4 is 11.1 Å². The van der Waals surface area contributed by atoms with Gasteiger partial charge in [-0.05, 0) is 38.3 Å². The molecule has 0 aliphatic heterocycles. The predicted octanol–water partition coefficient (Wildman–Crippen LogP) is 1.93. The Morgan fingerprint density at radius 1 is 1.60 bits per heavy atom. The summed E-state index contributed by atoms with van der Waals surface area (Å²) < 4.78 is 0. The van der Waals surface area contributed by atoms with Crippen LogP contribution in [0.5, 0.6) is 0 Å². The molecule has 3 nitrogen and oxygen atoms in total. The summed E-state index contributed by atoms with van der Waals surface area (Å²) in [5.74, 6) is 0.584. The zero-order chi connectivity index (χ0) is 10.8. The van der Waals surface area contributed by atoms with E-state index < -0.39 is 0 Å². The van der Waals surface area contributed by atoms with Crippen molar-refractivity contribution in [1.29, 1.82) is 0 Å². The quantitative estimate of drug-likeness (QED) is 0.607. The maximum Gasteiger partial charge on any atom is 0.189 e. The number of guanidine groups is 1. The monoisotopic (exact) mass is 223 g/mol. The van der Waals surface area contributed by atoms with Crippen LogP contribution in [0.4, 0.5) is 0 Å². The van der Waals surface area contributed by atoms with Crippen LogP contribution >= 0.6 is 11.3 Å². The van der Waals surface area contributed by atoms with Crippen LogP contribution in [0.3, 0.4) is 0 Å². The molecule has 82 valence electrons. The van der Waals surface area contributed by atoms with Crippen molar-refractivity contribution >= 4 is 17.3 Å². The summed E-state index contributed by atoms with van der Waals surface area (Å²) in [7, 11) is 0. The molecule has 4 heteroatoms. The Morgan fingerprint density at radius 2 is 2.33 bits per heavy atom. The van der Waals surface area contributed by atoms with Gasteiger partial charge in [-0.15, -0.1) is 11.3 Å². The summed E-state index contributed by atoms with van der Waals surface area (Å²) in [6.45, 7) is 4.97. The molecule has 2 rings (SSSR count). The summed E-state index contributed by atoms with van der Waals surface area (Å²) in [5, 5.41) is 3.18. The maximum absolute atomic E-state index is 5.75. The van der Waals surface area contributed by atoms with Crippen LogP contribution in [0.25, 0.3) is 0 Å². The van der Waals surface area contributed by atoms with Gasteiger partial charge in [0.05, 0.1) is 6.54 Å². The van der Waals surface area contributed by atoms with Crippen LogP contribution in [0.1, 0.15) is 28.2 Å². The molecule has 1 saturated carbocycles. The highest BCUT2D eigenvalue weighted by Crippen LogP contribution is 2.21. The lowest BCUT2D eigenvalue weighted by Gasteiger charge is -2.01. The highest BCUT2D eigenvalue weighted by Gasteiger charge is 2.21. The average molecular weight is 223 g/mol. The molecule has 15 heavy (non-hydrogen) atoms. The van der Waals surface area contributed by atoms with Gasteiger partial charge in [-0.1, -0.05) is 0 Å². The van der Waals surface area contributed by atoms with Crippen LogP contribution in [-0.2, 0) is 6.54 Å². The van der Waals surface area contributed by atoms with Crippen LogP contribution in [0.2, 0.25) is 0 Å². The van der Waals surface area contributed by atoms with E-state index in [0.717, 1.165) is 0 Å². The fraction of sp³-hybridized carbons (Fsp3) is 0.545. The number of hydrogen-bond donors (Lipinski definition) is 2. The molecule has 1 heterocycles. The number of thiophene rings is 1. The fourth-order valence-electron chi connectivity index (χ4n) is 1.37. The predicted molar refractivity (Wildman–Crippen MR) is 65.3 cm³/mol. The van der Waals surface area contributed by atoms with E-state index in [1.54, 1.807) is 11.3 Å². The molecular formula is C11H17N3S. The summed E-state index contributed by atoms with van der Waals surface area (Å²) in [6, 6.07) is 2.77. The van der Waals surface area contributed by atoms with Gasteiger partial charge in [-0.25, -0.2) is 4.99 Å². The van der Waals surface area contributed by atoms with Crippen molar-refractivity contribution in [2.24, 2.45) is 10.7 Å². The van der Waals surface area contributed by atoms with E-state index in [0.29, 0.717) is 18.5 Å². The molecule has 0 unspecified atom stereocenters. The van der Waals surface area contributed by atoms with Gasteiger partial charge >= 0.3 is 0 Å². The van der Waals surface area contributed by atoms with Gasteiger partial charge in [0.1, 0.15) is 0 Å². The number of hydrogen-bond acceptors (Lipinski definition) is 2. The summed E-state index contributed by atoms with van der Waals surface area (Å²) in [5.41, 5.74) is 7.10. The molecule has 0 bridgehead atoms. The number of nitrogens with zero attached hydrogens (tertiary/aromatic N) is 1. The average Bonchev–Trinajstić information content (AvgIpc) is 2.92. The lowest BCUT2D eigenvalue weighted by molar-refractivity contribution is 0.881. The first-order valence-electron chi connectivity index (χ1n) is 5.27. The molecular weight excluding hydrogens is 206 g/mol. The van der Waals surface area contributed by atoms with E-state index >= 15 is 0 Å². The van der Waals surface area contributed by atoms with Gasteiger partial charge in [0, 0.05) is 15.8 Å². The van der Waals surface area contributed by atoms with Gasteiger partial charge in [0.2, 0.25) is 0 Å². The maximum atomic E-state index is 5.75. The minimum Gasteiger partial charge on any atom is -0.370 e. The molecule has 1 aliphatic carbocycles. The first-order valence-corrected chi connectivity index (χ1v) is 6.09. The summed E-state index contributed by atoms with van der Waals surface area (Å²) >= 11 is 1.80. The fourth-order valence-corrected chi connectivity index (χ4v) is 2.35. The summed E-state index contributed by atoms with van der Waals surface area (Å²) in [6.07, 6.45) is 2.46. The standard InChI is InChI=1S/C11H17N3S/c1-7-5-10(15-8(7)2)6-13-11(12)14-9-3-4-9/h5,9H,3-4,6H2,1-2H3,(H3,12,13,14). The first kappa shape index (κ1) is 10.5. The second-order valence-electron chi connectivity index (χ2n) is 4.07. The third-order valence-corrected chi connectivity index (χ3v) is 3.69. The van der Waals surface area contributed by atoms with Gasteiger partial charge in [-0.2, -0.15) is 0 Å². The third kappa shape index (κ3) is 2.96. The van der Waals surface area contributed by atoms with E-state index in [1.165, 1.54) is 28.2 Å². The van der Waals surface area contributed by atoms with E-state index in [-0.39, 0.29) is 0 Å². The molecule has 1 aromatic rings. The van der Waals surface area contributed by atoms with Crippen molar-refractivity contribution in [2.45, 2.75) is 39.3 Å². The normalized spacial score (nSPS) is 16.8. The zero-order valence-electron chi connectivity index (χ0n) is 9.21. The number of nitrogens with two attached hydrogens (primary N) is 1. The lowest BCUT2D eigenvalue weighted by Crippen LogP contribution is -2.33. The minimum atomic E-state index is 0.584. The molecule has 1 fully saturated rings. The molecule has 0 spiro atoms. The highest BCUT2D eigenvalue weighted by atomic mass is 32.1. The second kappa shape index (κ2) is 4.23. The molecule has 3 N–H and O–H groups in total. The van der Waals surface area contributed by atoms with E-state index in [2.05, 4.69) is 30.2 Å². The largest absolute Gasteiger partial charge is 0.370 e. The lowest BCUT2D eigenvalue weighted by atomic mass is 10.3. The van der Waals surface area contributed by atoms with Crippen molar-refractivity contribution < 1.29 is 0 Å². The molecule has 0 amide bonds.